The van der Waals surface area contributed by atoms with Crippen molar-refractivity contribution in [3.63, 3.8) is 0 Å². The van der Waals surface area contributed by atoms with E-state index in [0.29, 0.717) is 11.3 Å². The monoisotopic (exact) mass is 500 g/mol. The first-order valence-electron chi connectivity index (χ1n) is 11.6. The second-order valence-corrected chi connectivity index (χ2v) is 9.80. The van der Waals surface area contributed by atoms with Crippen LogP contribution >= 0.6 is 0 Å². The summed E-state index contributed by atoms with van der Waals surface area (Å²) in [5.74, 6) is -1.28. The van der Waals surface area contributed by atoms with Crippen LogP contribution in [0.3, 0.4) is 0 Å². The van der Waals surface area contributed by atoms with Crippen LogP contribution in [-0.4, -0.2) is 51.5 Å². The van der Waals surface area contributed by atoms with Crippen LogP contribution in [-0.2, 0) is 4.74 Å². The molecule has 1 aliphatic heterocycles. The van der Waals surface area contributed by atoms with E-state index in [2.05, 4.69) is 15.3 Å². The summed E-state index contributed by atoms with van der Waals surface area (Å²) >= 11 is 0. The number of nitriles is 1. The number of carbonyl (C=O) groups is 1. The number of imidazole rings is 1. The van der Waals surface area contributed by atoms with E-state index < -0.39 is 41.6 Å². The number of benzene rings is 1. The fraction of sp³-hybridized carbons (Fsp3) is 0.440. The third kappa shape index (κ3) is 5.22. The van der Waals surface area contributed by atoms with Crippen LogP contribution in [0.2, 0.25) is 0 Å². The van der Waals surface area contributed by atoms with Gasteiger partial charge < -0.3 is 15.0 Å². The number of anilines is 1. The summed E-state index contributed by atoms with van der Waals surface area (Å²) in [6.45, 7) is 7.19. The van der Waals surface area contributed by atoms with Crippen LogP contribution in [0.15, 0.2) is 30.5 Å². The molecule has 1 fully saturated rings. The largest absolute Gasteiger partial charge is 0.444 e. The molecular weight excluding hydrogens is 473 g/mol. The van der Waals surface area contributed by atoms with Gasteiger partial charge >= 0.3 is 6.09 Å². The second kappa shape index (κ2) is 9.68. The molecule has 0 aliphatic carbocycles. The number of nitrogens with one attached hydrogen (secondary N) is 1. The highest BCUT2D eigenvalue weighted by molar-refractivity contribution is 5.80. The Hall–Kier alpha value is -3.81. The number of ether oxygens (including phenoxy) is 1. The van der Waals surface area contributed by atoms with Gasteiger partial charge in [-0.15, -0.1) is 0 Å². The predicted octanol–water partition coefficient (Wildman–Crippen LogP) is 4.63. The van der Waals surface area contributed by atoms with Crippen molar-refractivity contribution in [3.05, 3.63) is 53.4 Å². The number of halogens is 3. The minimum atomic E-state index is -1.32. The highest BCUT2D eigenvalue weighted by Gasteiger charge is 2.35. The number of pyridine rings is 1. The van der Waals surface area contributed by atoms with Gasteiger partial charge in [-0.25, -0.2) is 22.9 Å². The summed E-state index contributed by atoms with van der Waals surface area (Å²) in [6.07, 6.45) is -0.563. The van der Waals surface area contributed by atoms with Crippen LogP contribution in [0.5, 0.6) is 0 Å². The summed E-state index contributed by atoms with van der Waals surface area (Å²) in [5.41, 5.74) is 0.327. The van der Waals surface area contributed by atoms with E-state index in [0.717, 1.165) is 12.1 Å². The molecule has 3 heterocycles. The lowest BCUT2D eigenvalue weighted by Crippen LogP contribution is -2.55. The van der Waals surface area contributed by atoms with Gasteiger partial charge in [0.25, 0.3) is 0 Å². The fourth-order valence-electron chi connectivity index (χ4n) is 4.28. The van der Waals surface area contributed by atoms with Crippen LogP contribution in [0, 0.1) is 23.0 Å². The molecule has 190 valence electrons. The van der Waals surface area contributed by atoms with Gasteiger partial charge in [0.2, 0.25) is 5.95 Å². The Balaban J connectivity index is 1.73. The van der Waals surface area contributed by atoms with Gasteiger partial charge in [0.1, 0.15) is 29.2 Å². The zero-order valence-corrected chi connectivity index (χ0v) is 20.4. The normalized spacial score (nSPS) is 19.1. The van der Waals surface area contributed by atoms with Gasteiger partial charge in [0, 0.05) is 31.4 Å². The Kier molecular flexibility index (Phi) is 6.80. The van der Waals surface area contributed by atoms with E-state index >= 15 is 4.39 Å². The molecule has 3 atom stereocenters. The molecule has 1 N–H and O–H groups in total. The van der Waals surface area contributed by atoms with E-state index in [1.54, 1.807) is 49.3 Å². The van der Waals surface area contributed by atoms with Gasteiger partial charge in [0.05, 0.1) is 28.9 Å². The number of alkyl halides is 1. The summed E-state index contributed by atoms with van der Waals surface area (Å²) in [5, 5.41) is 11.7. The topological polar surface area (TPSA) is 96.1 Å². The standard InChI is InChI=1S/C25H27F3N6O2/c1-14(19-6-5-15(11-29)12-30-19)34-22-18(28)9-16(26)10-20(22)31-23(34)33-8-7-17(27)21(13-33)32-24(35)36-25(2,3)4/h5-6,9-10,12,14,17,21H,7-8,13H2,1-4H3,(H,32,35)/t14?,17-,21-/m1/s1. The van der Waals surface area contributed by atoms with Crippen molar-refractivity contribution in [2.24, 2.45) is 0 Å². The highest BCUT2D eigenvalue weighted by Crippen LogP contribution is 2.33. The van der Waals surface area contributed by atoms with Crippen molar-refractivity contribution in [2.45, 2.75) is 58.0 Å². The molecule has 0 spiro atoms. The maximum absolute atomic E-state index is 15.0. The molecule has 36 heavy (non-hydrogen) atoms. The number of hydrogen-bond acceptors (Lipinski definition) is 6. The molecule has 4 rings (SSSR count). The van der Waals surface area contributed by atoms with E-state index in [1.807, 2.05) is 6.07 Å². The molecule has 1 aromatic carbocycles. The molecule has 1 unspecified atom stereocenters. The maximum atomic E-state index is 15.0. The minimum Gasteiger partial charge on any atom is -0.444 e. The number of amides is 1. The van der Waals surface area contributed by atoms with Crippen molar-refractivity contribution >= 4 is 23.1 Å². The van der Waals surface area contributed by atoms with E-state index in [-0.39, 0.29) is 36.5 Å². The first kappa shape index (κ1) is 25.3. The number of hydrogen-bond donors (Lipinski definition) is 1. The summed E-state index contributed by atoms with van der Waals surface area (Å²) in [7, 11) is 0. The number of alkyl carbamates (subject to hydrolysis) is 1. The fourth-order valence-corrected chi connectivity index (χ4v) is 4.28. The average Bonchev–Trinajstić information content (AvgIpc) is 3.18. The third-order valence-corrected chi connectivity index (χ3v) is 5.93. The molecule has 0 radical (unpaired) electrons. The Morgan fingerprint density at radius 1 is 1.31 bits per heavy atom. The zero-order valence-electron chi connectivity index (χ0n) is 20.4. The molecule has 3 aromatic rings. The smallest absolute Gasteiger partial charge is 0.408 e. The average molecular weight is 501 g/mol. The molecule has 11 heteroatoms. The van der Waals surface area contributed by atoms with E-state index in [9.17, 15) is 13.6 Å². The van der Waals surface area contributed by atoms with Crippen LogP contribution in [0.1, 0.15) is 51.4 Å². The lowest BCUT2D eigenvalue weighted by molar-refractivity contribution is 0.0465. The van der Waals surface area contributed by atoms with Gasteiger partial charge in [-0.05, 0) is 46.2 Å². The number of nitrogens with zero attached hydrogens (tertiary/aromatic N) is 5. The van der Waals surface area contributed by atoms with E-state index in [4.69, 9.17) is 10.00 Å². The van der Waals surface area contributed by atoms with E-state index in [1.165, 1.54) is 6.20 Å². The molecule has 1 amide bonds. The summed E-state index contributed by atoms with van der Waals surface area (Å²) in [6, 6.07) is 5.72. The van der Waals surface area contributed by atoms with Gasteiger partial charge in [-0.1, -0.05) is 0 Å². The van der Waals surface area contributed by atoms with Gasteiger partial charge in [0.15, 0.2) is 5.82 Å². The number of aromatic nitrogens is 3. The molecule has 8 nitrogen and oxygen atoms in total. The Labute approximate surface area is 206 Å². The molecule has 2 aromatic heterocycles. The predicted molar refractivity (Wildman–Crippen MR) is 127 cm³/mol. The molecule has 1 saturated heterocycles. The van der Waals surface area contributed by atoms with Crippen LogP contribution in [0.25, 0.3) is 11.0 Å². The molecule has 1 aliphatic rings. The first-order chi connectivity index (χ1) is 17.0. The van der Waals surface area contributed by atoms with Gasteiger partial charge in [-0.3, -0.25) is 9.55 Å². The first-order valence-corrected chi connectivity index (χ1v) is 11.6. The van der Waals surface area contributed by atoms with Gasteiger partial charge in [-0.2, -0.15) is 5.26 Å². The lowest BCUT2D eigenvalue weighted by atomic mass is 10.0. The van der Waals surface area contributed by atoms with Crippen molar-refractivity contribution in [3.8, 4) is 6.07 Å². The van der Waals surface area contributed by atoms with Crippen molar-refractivity contribution in [2.75, 3.05) is 18.0 Å². The number of carbonyl (C=O) groups excluding carboxylic acids is 1. The minimum absolute atomic E-state index is 0.0430. The third-order valence-electron chi connectivity index (χ3n) is 5.93. The number of fused-ring (bicyclic) bond motifs is 1. The molecule has 0 bridgehead atoms. The molecular formula is C25H27F3N6O2. The summed E-state index contributed by atoms with van der Waals surface area (Å²) < 4.78 is 50.7. The zero-order chi connectivity index (χ0) is 26.2. The summed E-state index contributed by atoms with van der Waals surface area (Å²) in [4.78, 5) is 22.8. The number of rotatable bonds is 4. The maximum Gasteiger partial charge on any atom is 0.408 e. The Morgan fingerprint density at radius 3 is 2.69 bits per heavy atom. The lowest BCUT2D eigenvalue weighted by Gasteiger charge is -2.37. The number of piperidine rings is 1. The highest BCUT2D eigenvalue weighted by atomic mass is 19.1. The Bertz CT molecular complexity index is 1310. The quantitative estimate of drug-likeness (QED) is 0.561. The van der Waals surface area contributed by atoms with Crippen molar-refractivity contribution in [1.82, 2.24) is 19.9 Å². The SMILES string of the molecule is CC(c1ccc(C#N)cn1)n1c(N2CC[C@@H](F)[C@H](NC(=O)OC(C)(C)C)C2)nc2cc(F)cc(F)c21. The van der Waals surface area contributed by atoms with Crippen molar-refractivity contribution < 1.29 is 22.7 Å². The van der Waals surface area contributed by atoms with Crippen LogP contribution < -0.4 is 10.2 Å². The van der Waals surface area contributed by atoms with Crippen LogP contribution in [0.4, 0.5) is 23.9 Å². The molecule has 0 saturated carbocycles. The Morgan fingerprint density at radius 2 is 2.06 bits per heavy atom. The van der Waals surface area contributed by atoms with Crippen molar-refractivity contribution in [1.29, 1.82) is 5.26 Å². The second-order valence-electron chi connectivity index (χ2n) is 9.80.